The SMILES string of the molecule is COc1nc2c(cc1Nc1nc(CN3CCc4c(cc(Nc5ncc6ccnc(N7CCCCC7C(=O)N(C)C)c6n5)c(=O)n4C)C3)c3cccc(-c4ccccc4S(=O)(=O)N(C)C)c3n1)CN(C)CC2. The van der Waals surface area contributed by atoms with Crippen LogP contribution in [0.3, 0.4) is 0 Å². The molecule has 368 valence electrons. The van der Waals surface area contributed by atoms with Crippen LogP contribution in [0, 0.1) is 0 Å². The molecule has 1 saturated heterocycles. The van der Waals surface area contributed by atoms with Gasteiger partial charge < -0.3 is 34.6 Å². The molecule has 8 heterocycles. The zero-order valence-electron chi connectivity index (χ0n) is 41.1. The predicted octanol–water partition coefficient (Wildman–Crippen LogP) is 5.47. The van der Waals surface area contributed by atoms with Gasteiger partial charge in [-0.15, -0.1) is 0 Å². The highest BCUT2D eigenvalue weighted by Gasteiger charge is 2.33. The molecule has 2 aromatic carbocycles. The number of fused-ring (bicyclic) bond motifs is 4. The third-order valence-corrected chi connectivity index (χ3v) is 15.7. The van der Waals surface area contributed by atoms with E-state index < -0.39 is 10.0 Å². The number of nitrogens with zero attached hydrogens (tertiary/aromatic N) is 12. The number of methoxy groups -OCH3 is 1. The van der Waals surface area contributed by atoms with Crippen molar-refractivity contribution >= 4 is 66.8 Å². The number of nitrogens with one attached hydrogen (secondary N) is 2. The van der Waals surface area contributed by atoms with Crippen molar-refractivity contribution in [3.8, 4) is 17.0 Å². The first-order chi connectivity index (χ1) is 34.2. The summed E-state index contributed by atoms with van der Waals surface area (Å²) in [5, 5.41) is 8.23. The summed E-state index contributed by atoms with van der Waals surface area (Å²) in [6.45, 7) is 3.84. The van der Waals surface area contributed by atoms with E-state index in [0.29, 0.717) is 83.8 Å². The van der Waals surface area contributed by atoms with Crippen LogP contribution in [0.1, 0.15) is 47.5 Å². The standard InChI is InChI=1S/C51H58N14O5S/c1-60(2)49(67)42-16-10-11-22-65(42)46-44-31(18-21-52-46)27-53-50(58-44)56-39-26-33-29-64(24-20-41(33)63(6)48(39)66)30-40-36-15-12-14-35(34-13-8-9-17-43(34)71(68,69)61(3)4)45(36)59-51(57-40)55-38-25-32-28-62(5)23-19-37(32)54-47(38)70-7/h8-9,12-15,17-18,21,25-27,42H,10-11,16,19-20,22-24,28-30H2,1-7H3,(H,53,56,58)(H,55,57,59). The van der Waals surface area contributed by atoms with Crippen LogP contribution < -0.4 is 25.8 Å². The molecule has 0 saturated carbocycles. The summed E-state index contributed by atoms with van der Waals surface area (Å²) in [6, 6.07) is 18.2. The fraction of sp³-hybridized carbons (Fsp3) is 0.373. The molecular formula is C51H58N14O5S. The third-order valence-electron chi connectivity index (χ3n) is 13.8. The number of pyridine rings is 3. The lowest BCUT2D eigenvalue weighted by Crippen LogP contribution is -2.49. The van der Waals surface area contributed by atoms with Crippen LogP contribution in [0.4, 0.5) is 29.1 Å². The Morgan fingerprint density at radius 2 is 1.59 bits per heavy atom. The fourth-order valence-electron chi connectivity index (χ4n) is 10.1. The Morgan fingerprint density at radius 3 is 2.39 bits per heavy atom. The second kappa shape index (κ2) is 19.2. The monoisotopic (exact) mass is 978 g/mol. The number of likely N-dealkylation sites (N-methyl/N-ethyl adjacent to an activating group) is 2. The molecule has 20 heteroatoms. The molecule has 1 unspecified atom stereocenters. The highest BCUT2D eigenvalue weighted by Crippen LogP contribution is 2.37. The summed E-state index contributed by atoms with van der Waals surface area (Å²) in [7, 11) is 8.22. The molecule has 71 heavy (non-hydrogen) atoms. The summed E-state index contributed by atoms with van der Waals surface area (Å²) < 4.78 is 36.2. The molecule has 7 aromatic rings. The van der Waals surface area contributed by atoms with Gasteiger partial charge in [0.05, 0.1) is 28.9 Å². The number of ether oxygens (including phenoxy) is 1. The van der Waals surface area contributed by atoms with E-state index in [0.717, 1.165) is 77.8 Å². The van der Waals surface area contributed by atoms with Gasteiger partial charge in [-0.1, -0.05) is 36.4 Å². The van der Waals surface area contributed by atoms with Crippen molar-refractivity contribution in [2.75, 3.05) is 77.5 Å². The van der Waals surface area contributed by atoms with E-state index in [1.54, 1.807) is 62.2 Å². The van der Waals surface area contributed by atoms with Crippen molar-refractivity contribution in [1.29, 1.82) is 0 Å². The van der Waals surface area contributed by atoms with Crippen LogP contribution >= 0.6 is 0 Å². The Kier molecular flexibility index (Phi) is 12.9. The Bertz CT molecular complexity index is 3400. The summed E-state index contributed by atoms with van der Waals surface area (Å²) in [5.74, 6) is 1.60. The number of amides is 1. The first-order valence-electron chi connectivity index (χ1n) is 23.8. The van der Waals surface area contributed by atoms with Crippen LogP contribution in [-0.2, 0) is 54.3 Å². The van der Waals surface area contributed by atoms with Gasteiger partial charge in [0, 0.05) is 127 Å². The molecule has 3 aliphatic rings. The lowest BCUT2D eigenvalue weighted by atomic mass is 10.0. The maximum Gasteiger partial charge on any atom is 0.274 e. The van der Waals surface area contributed by atoms with E-state index in [4.69, 9.17) is 29.7 Å². The second-order valence-electron chi connectivity index (χ2n) is 18.9. The van der Waals surface area contributed by atoms with Crippen molar-refractivity contribution in [3.63, 3.8) is 0 Å². The molecule has 1 fully saturated rings. The molecule has 1 amide bonds. The number of rotatable bonds is 12. The summed E-state index contributed by atoms with van der Waals surface area (Å²) in [5.41, 5.74) is 7.74. The molecule has 0 bridgehead atoms. The Hall–Kier alpha value is -7.13. The van der Waals surface area contributed by atoms with Crippen LogP contribution in [0.2, 0.25) is 0 Å². The van der Waals surface area contributed by atoms with Crippen LogP contribution in [0.15, 0.2) is 82.7 Å². The number of piperidine rings is 1. The third kappa shape index (κ3) is 9.11. The molecule has 3 aliphatic heterocycles. The van der Waals surface area contributed by atoms with Crippen molar-refractivity contribution in [1.82, 2.24) is 53.5 Å². The van der Waals surface area contributed by atoms with Gasteiger partial charge in [-0.3, -0.25) is 14.5 Å². The van der Waals surface area contributed by atoms with Gasteiger partial charge in [0.1, 0.15) is 22.9 Å². The van der Waals surface area contributed by atoms with Crippen LogP contribution in [0.5, 0.6) is 5.88 Å². The minimum atomic E-state index is -3.84. The van der Waals surface area contributed by atoms with Gasteiger partial charge in [-0.05, 0) is 61.7 Å². The summed E-state index contributed by atoms with van der Waals surface area (Å²) >= 11 is 0. The second-order valence-corrected chi connectivity index (χ2v) is 21.0. The van der Waals surface area contributed by atoms with Crippen LogP contribution in [0.25, 0.3) is 32.9 Å². The quantitative estimate of drug-likeness (QED) is 0.156. The fourth-order valence-corrected chi connectivity index (χ4v) is 11.2. The van der Waals surface area contributed by atoms with E-state index in [9.17, 15) is 18.0 Å². The van der Waals surface area contributed by atoms with Crippen LogP contribution in [-0.4, -0.2) is 136 Å². The highest BCUT2D eigenvalue weighted by molar-refractivity contribution is 7.89. The Labute approximate surface area is 412 Å². The maximum atomic E-state index is 14.0. The lowest BCUT2D eigenvalue weighted by Gasteiger charge is -2.37. The number of aromatic nitrogens is 7. The number of anilines is 5. The molecule has 0 radical (unpaired) electrons. The largest absolute Gasteiger partial charge is 0.480 e. The van der Waals surface area contributed by atoms with Gasteiger partial charge in [-0.2, -0.15) is 0 Å². The molecule has 1 atom stereocenters. The van der Waals surface area contributed by atoms with E-state index in [-0.39, 0.29) is 28.4 Å². The number of para-hydroxylation sites is 1. The topological polar surface area (TPSA) is 200 Å². The average molecular weight is 979 g/mol. The van der Waals surface area contributed by atoms with Gasteiger partial charge >= 0.3 is 0 Å². The van der Waals surface area contributed by atoms with E-state index in [1.165, 1.54) is 18.4 Å². The number of carbonyl (C=O) groups excluding carboxylic acids is 1. The summed E-state index contributed by atoms with van der Waals surface area (Å²) in [6.07, 6.45) is 7.43. The molecule has 19 nitrogen and oxygen atoms in total. The number of benzene rings is 2. The molecule has 0 aliphatic carbocycles. The highest BCUT2D eigenvalue weighted by atomic mass is 32.2. The van der Waals surface area contributed by atoms with Crippen molar-refractivity contribution < 1.29 is 17.9 Å². The van der Waals surface area contributed by atoms with E-state index in [1.807, 2.05) is 53.4 Å². The molecule has 5 aromatic heterocycles. The first-order valence-corrected chi connectivity index (χ1v) is 25.3. The first kappa shape index (κ1) is 47.5. The summed E-state index contributed by atoms with van der Waals surface area (Å²) in [4.78, 5) is 65.1. The minimum Gasteiger partial charge on any atom is -0.480 e. The zero-order valence-corrected chi connectivity index (χ0v) is 41.9. The molecule has 10 rings (SSSR count). The predicted molar refractivity (Wildman–Crippen MR) is 274 cm³/mol. The normalized spacial score (nSPS) is 16.5. The molecule has 0 spiro atoms. The Morgan fingerprint density at radius 1 is 0.817 bits per heavy atom. The van der Waals surface area contributed by atoms with E-state index >= 15 is 0 Å². The van der Waals surface area contributed by atoms with Crippen molar-refractivity contribution in [2.45, 2.75) is 62.7 Å². The molecular weight excluding hydrogens is 921 g/mol. The van der Waals surface area contributed by atoms with E-state index in [2.05, 4.69) is 32.5 Å². The number of carbonyl (C=O) groups is 1. The molecule has 2 N–H and O–H groups in total. The van der Waals surface area contributed by atoms with Gasteiger partial charge in [-0.25, -0.2) is 42.6 Å². The number of sulfonamides is 1. The van der Waals surface area contributed by atoms with Crippen molar-refractivity contribution in [2.24, 2.45) is 7.05 Å². The maximum absolute atomic E-state index is 14.0. The van der Waals surface area contributed by atoms with Gasteiger partial charge in [0.15, 0.2) is 5.82 Å². The minimum absolute atomic E-state index is 0.0213. The average Bonchev–Trinajstić information content (AvgIpc) is 3.37. The van der Waals surface area contributed by atoms with Gasteiger partial charge in [0.2, 0.25) is 33.7 Å². The van der Waals surface area contributed by atoms with Gasteiger partial charge in [0.25, 0.3) is 5.56 Å². The lowest BCUT2D eigenvalue weighted by molar-refractivity contribution is -0.130. The Balaban J connectivity index is 1.00. The number of hydrogen-bond acceptors (Lipinski definition) is 16. The van der Waals surface area contributed by atoms with Crippen molar-refractivity contribution in [3.05, 3.63) is 112 Å². The zero-order chi connectivity index (χ0) is 49.7. The smallest absolute Gasteiger partial charge is 0.274 e. The number of hydrogen-bond donors (Lipinski definition) is 2.